The maximum absolute atomic E-state index is 12.1. The second-order valence-corrected chi connectivity index (χ2v) is 4.78. The molecule has 0 bridgehead atoms. The average Bonchev–Trinajstić information content (AvgIpc) is 2.38. The number of carbonyl (C=O) groups is 1. The molecule has 2 rings (SSSR count). The summed E-state index contributed by atoms with van der Waals surface area (Å²) in [5.41, 5.74) is 3.73. The number of amides is 1. The minimum atomic E-state index is -0.333. The van der Waals surface area contributed by atoms with Gasteiger partial charge in [0.25, 0.3) is 5.91 Å². The van der Waals surface area contributed by atoms with E-state index in [9.17, 15) is 4.79 Å². The molecule has 0 aromatic carbocycles. The Labute approximate surface area is 118 Å². The van der Waals surface area contributed by atoms with E-state index in [2.05, 4.69) is 36.6 Å². The minimum absolute atomic E-state index is 0.299. The van der Waals surface area contributed by atoms with E-state index in [1.807, 2.05) is 13.0 Å². The van der Waals surface area contributed by atoms with Crippen molar-refractivity contribution in [3.05, 3.63) is 46.2 Å². The molecular weight excluding hydrogens is 310 g/mol. The van der Waals surface area contributed by atoms with E-state index in [1.165, 1.54) is 0 Å². The fraction of sp³-hybridized carbons (Fsp3) is 0.0833. The van der Waals surface area contributed by atoms with Crippen molar-refractivity contribution in [2.75, 3.05) is 10.7 Å². The van der Waals surface area contributed by atoms with Crippen LogP contribution in [0.25, 0.3) is 0 Å². The van der Waals surface area contributed by atoms with Gasteiger partial charge in [-0.2, -0.15) is 0 Å². The van der Waals surface area contributed by atoms with E-state index in [0.717, 1.165) is 5.56 Å². The van der Waals surface area contributed by atoms with Crippen molar-refractivity contribution >= 4 is 33.5 Å². The summed E-state index contributed by atoms with van der Waals surface area (Å²) in [6.45, 7) is 1.92. The number of nitrogens with two attached hydrogens (primary N) is 1. The van der Waals surface area contributed by atoms with Gasteiger partial charge in [-0.3, -0.25) is 4.79 Å². The van der Waals surface area contributed by atoms with Gasteiger partial charge in [-0.1, -0.05) is 0 Å². The zero-order valence-corrected chi connectivity index (χ0v) is 11.7. The molecular formula is C12H12BrN5O. The van der Waals surface area contributed by atoms with Gasteiger partial charge in [0.1, 0.15) is 5.82 Å². The van der Waals surface area contributed by atoms with Crippen molar-refractivity contribution in [1.29, 1.82) is 0 Å². The van der Waals surface area contributed by atoms with Crippen LogP contribution in [0.1, 0.15) is 15.9 Å². The lowest BCUT2D eigenvalue weighted by Gasteiger charge is -2.09. The topological polar surface area (TPSA) is 92.9 Å². The van der Waals surface area contributed by atoms with Crippen molar-refractivity contribution in [3.8, 4) is 0 Å². The molecule has 98 valence electrons. The van der Waals surface area contributed by atoms with Gasteiger partial charge in [-0.05, 0) is 46.6 Å². The Balaban J connectivity index is 2.27. The van der Waals surface area contributed by atoms with E-state index in [1.54, 1.807) is 24.5 Å². The Morgan fingerprint density at radius 1 is 1.37 bits per heavy atom. The molecule has 2 aromatic heterocycles. The van der Waals surface area contributed by atoms with Gasteiger partial charge in [0, 0.05) is 16.9 Å². The Hall–Kier alpha value is -1.99. The lowest BCUT2D eigenvalue weighted by Crippen LogP contribution is -2.19. The number of carbonyl (C=O) groups excluding carboxylic acids is 1. The summed E-state index contributed by atoms with van der Waals surface area (Å²) in [5.74, 6) is 5.78. The number of anilines is 2. The predicted octanol–water partition coefficient (Wildman–Crippen LogP) is 2.09. The molecule has 1 amide bonds. The molecule has 2 aromatic rings. The quantitative estimate of drug-likeness (QED) is 0.594. The predicted molar refractivity (Wildman–Crippen MR) is 76.7 cm³/mol. The van der Waals surface area contributed by atoms with Crippen molar-refractivity contribution < 1.29 is 4.79 Å². The Kier molecular flexibility index (Phi) is 4.08. The number of rotatable bonds is 3. The van der Waals surface area contributed by atoms with E-state index >= 15 is 0 Å². The number of hydrogen-bond acceptors (Lipinski definition) is 5. The van der Waals surface area contributed by atoms with Gasteiger partial charge in [0.15, 0.2) is 5.82 Å². The molecule has 0 saturated carbocycles. The van der Waals surface area contributed by atoms with Crippen LogP contribution >= 0.6 is 15.9 Å². The van der Waals surface area contributed by atoms with Crippen molar-refractivity contribution in [3.63, 3.8) is 0 Å². The number of nitrogens with zero attached hydrogens (tertiary/aromatic N) is 2. The van der Waals surface area contributed by atoms with Crippen LogP contribution in [-0.2, 0) is 0 Å². The molecule has 0 aliphatic heterocycles. The molecule has 2 heterocycles. The molecule has 0 saturated heterocycles. The second kappa shape index (κ2) is 5.77. The number of aryl methyl sites for hydroxylation is 1. The first-order valence-corrected chi connectivity index (χ1v) is 6.25. The zero-order valence-electron chi connectivity index (χ0n) is 10.1. The Bertz CT molecular complexity index is 617. The smallest absolute Gasteiger partial charge is 0.260 e. The number of hydrogen-bond donors (Lipinski definition) is 3. The molecule has 6 nitrogen and oxygen atoms in total. The number of nitrogens with one attached hydrogen (secondary N) is 2. The number of hydrazine groups is 1. The second-order valence-electron chi connectivity index (χ2n) is 3.87. The van der Waals surface area contributed by atoms with E-state index < -0.39 is 0 Å². The van der Waals surface area contributed by atoms with Gasteiger partial charge in [-0.15, -0.1) is 0 Å². The third-order valence-electron chi connectivity index (χ3n) is 2.39. The van der Waals surface area contributed by atoms with Crippen molar-refractivity contribution in [1.82, 2.24) is 9.97 Å². The normalized spacial score (nSPS) is 10.1. The van der Waals surface area contributed by atoms with Crippen LogP contribution in [0.2, 0.25) is 0 Å². The molecule has 7 heteroatoms. The summed E-state index contributed by atoms with van der Waals surface area (Å²) >= 11 is 3.26. The first kappa shape index (κ1) is 13.4. The average molecular weight is 322 g/mol. The third kappa shape index (κ3) is 3.27. The van der Waals surface area contributed by atoms with Gasteiger partial charge in [0.2, 0.25) is 0 Å². The summed E-state index contributed by atoms with van der Waals surface area (Å²) in [6, 6.07) is 5.26. The van der Waals surface area contributed by atoms with Crippen LogP contribution in [0.15, 0.2) is 35.1 Å². The minimum Gasteiger partial charge on any atom is -0.308 e. The van der Waals surface area contributed by atoms with Crippen LogP contribution in [0.5, 0.6) is 0 Å². The van der Waals surface area contributed by atoms with Gasteiger partial charge in [-0.25, -0.2) is 15.8 Å². The number of aromatic nitrogens is 2. The molecule has 0 aliphatic rings. The van der Waals surface area contributed by atoms with E-state index in [0.29, 0.717) is 21.7 Å². The fourth-order valence-electron chi connectivity index (χ4n) is 1.52. The van der Waals surface area contributed by atoms with E-state index in [4.69, 9.17) is 5.84 Å². The molecule has 19 heavy (non-hydrogen) atoms. The molecule has 0 radical (unpaired) electrons. The molecule has 4 N–H and O–H groups in total. The highest BCUT2D eigenvalue weighted by Gasteiger charge is 2.13. The Morgan fingerprint density at radius 3 is 2.84 bits per heavy atom. The maximum atomic E-state index is 12.1. The molecule has 0 aliphatic carbocycles. The van der Waals surface area contributed by atoms with Crippen LogP contribution in [-0.4, -0.2) is 15.9 Å². The highest BCUT2D eigenvalue weighted by Crippen LogP contribution is 2.18. The Morgan fingerprint density at radius 2 is 2.16 bits per heavy atom. The van der Waals surface area contributed by atoms with Crippen LogP contribution in [0.3, 0.4) is 0 Å². The first-order chi connectivity index (χ1) is 9.10. The lowest BCUT2D eigenvalue weighted by atomic mass is 10.2. The summed E-state index contributed by atoms with van der Waals surface area (Å²) in [4.78, 5) is 20.2. The SMILES string of the molecule is Cc1ccnc(NC(=O)c2cc(Br)cnc2NN)c1. The number of halogens is 1. The van der Waals surface area contributed by atoms with Gasteiger partial charge < -0.3 is 10.7 Å². The largest absolute Gasteiger partial charge is 0.308 e. The van der Waals surface area contributed by atoms with Gasteiger partial charge >= 0.3 is 0 Å². The highest BCUT2D eigenvalue weighted by molar-refractivity contribution is 9.10. The van der Waals surface area contributed by atoms with E-state index in [-0.39, 0.29) is 5.91 Å². The summed E-state index contributed by atoms with van der Waals surface area (Å²) in [7, 11) is 0. The first-order valence-electron chi connectivity index (χ1n) is 5.46. The fourth-order valence-corrected chi connectivity index (χ4v) is 1.85. The lowest BCUT2D eigenvalue weighted by molar-refractivity contribution is 0.102. The standard InChI is InChI=1S/C12H12BrN5O/c1-7-2-3-15-10(4-7)17-12(19)9-5-8(13)6-16-11(9)18-14/h2-6H,14H2,1H3,(H,16,18)(H,15,17,19). The molecule has 0 fully saturated rings. The summed E-state index contributed by atoms with van der Waals surface area (Å²) < 4.78 is 0.689. The van der Waals surface area contributed by atoms with Gasteiger partial charge in [0.05, 0.1) is 5.56 Å². The number of pyridine rings is 2. The molecule has 0 atom stereocenters. The number of nitrogen functional groups attached to an aromatic ring is 1. The summed E-state index contributed by atoms with van der Waals surface area (Å²) in [5, 5.41) is 2.69. The van der Waals surface area contributed by atoms with Crippen LogP contribution < -0.4 is 16.6 Å². The summed E-state index contributed by atoms with van der Waals surface area (Å²) in [6.07, 6.45) is 3.18. The van der Waals surface area contributed by atoms with Crippen LogP contribution in [0.4, 0.5) is 11.6 Å². The third-order valence-corrected chi connectivity index (χ3v) is 2.83. The maximum Gasteiger partial charge on any atom is 0.260 e. The molecule has 0 unspecified atom stereocenters. The van der Waals surface area contributed by atoms with Crippen LogP contribution in [0, 0.1) is 6.92 Å². The van der Waals surface area contributed by atoms with Crippen molar-refractivity contribution in [2.24, 2.45) is 5.84 Å². The zero-order chi connectivity index (χ0) is 13.8. The molecule has 0 spiro atoms. The monoisotopic (exact) mass is 321 g/mol. The highest BCUT2D eigenvalue weighted by atomic mass is 79.9. The van der Waals surface area contributed by atoms with Crippen molar-refractivity contribution in [2.45, 2.75) is 6.92 Å².